The molecule has 3 aromatic rings. The van der Waals surface area contributed by atoms with Crippen LogP contribution in [0.5, 0.6) is 5.75 Å². The average Bonchev–Trinajstić information content (AvgIpc) is 3.22. The standard InChI is InChI=1S/C22H22Cl2N4O3/c1-30-19-8-7-17(11-18(19)24)25-22(29)15-5-3-9-28(12-15)13-20-26-21(27-31-20)14-4-2-6-16(23)10-14/h2,4,6-8,10-11,15H,3,5,9,12-13H2,1H3,(H,25,29). The Labute approximate surface area is 190 Å². The third-order valence-corrected chi connectivity index (χ3v) is 5.74. The summed E-state index contributed by atoms with van der Waals surface area (Å²) >= 11 is 12.2. The van der Waals surface area contributed by atoms with E-state index in [0.717, 1.165) is 24.9 Å². The van der Waals surface area contributed by atoms with Crippen molar-refractivity contribution in [1.29, 1.82) is 0 Å². The van der Waals surface area contributed by atoms with E-state index in [9.17, 15) is 4.79 Å². The summed E-state index contributed by atoms with van der Waals surface area (Å²) in [4.78, 5) is 19.4. The smallest absolute Gasteiger partial charge is 0.241 e. The molecule has 0 radical (unpaired) electrons. The molecule has 9 heteroatoms. The van der Waals surface area contributed by atoms with Crippen molar-refractivity contribution in [3.63, 3.8) is 0 Å². The van der Waals surface area contributed by atoms with Crippen molar-refractivity contribution in [1.82, 2.24) is 15.0 Å². The van der Waals surface area contributed by atoms with Crippen LogP contribution in [0.15, 0.2) is 47.0 Å². The van der Waals surface area contributed by atoms with Crippen LogP contribution in [0.4, 0.5) is 5.69 Å². The predicted octanol–water partition coefficient (Wildman–Crippen LogP) is 4.90. The zero-order valence-corrected chi connectivity index (χ0v) is 18.5. The molecule has 1 atom stereocenters. The minimum Gasteiger partial charge on any atom is -0.495 e. The number of piperidine rings is 1. The predicted molar refractivity (Wildman–Crippen MR) is 119 cm³/mol. The van der Waals surface area contributed by atoms with Crippen LogP contribution in [0.3, 0.4) is 0 Å². The van der Waals surface area contributed by atoms with Gasteiger partial charge >= 0.3 is 0 Å². The first-order valence-electron chi connectivity index (χ1n) is 9.97. The lowest BCUT2D eigenvalue weighted by molar-refractivity contribution is -0.121. The molecule has 0 spiro atoms. The molecule has 31 heavy (non-hydrogen) atoms. The number of carbonyl (C=O) groups is 1. The molecule has 1 amide bonds. The molecule has 0 bridgehead atoms. The summed E-state index contributed by atoms with van der Waals surface area (Å²) in [5.74, 6) is 1.42. The topological polar surface area (TPSA) is 80.5 Å². The van der Waals surface area contributed by atoms with Gasteiger partial charge in [-0.2, -0.15) is 4.98 Å². The van der Waals surface area contributed by atoms with Gasteiger partial charge in [0.1, 0.15) is 5.75 Å². The highest BCUT2D eigenvalue weighted by Gasteiger charge is 2.27. The van der Waals surface area contributed by atoms with Crippen molar-refractivity contribution in [2.75, 3.05) is 25.5 Å². The van der Waals surface area contributed by atoms with Crippen molar-refractivity contribution >= 4 is 34.8 Å². The summed E-state index contributed by atoms with van der Waals surface area (Å²) in [6.45, 7) is 1.98. The van der Waals surface area contributed by atoms with Gasteiger partial charge < -0.3 is 14.6 Å². The van der Waals surface area contributed by atoms with Crippen LogP contribution in [-0.2, 0) is 11.3 Å². The lowest BCUT2D eigenvalue weighted by Crippen LogP contribution is -2.40. The molecule has 1 aromatic heterocycles. The van der Waals surface area contributed by atoms with Crippen LogP contribution in [0.2, 0.25) is 10.0 Å². The number of benzene rings is 2. The number of halogens is 2. The number of nitrogens with zero attached hydrogens (tertiary/aromatic N) is 3. The molecule has 2 aromatic carbocycles. The van der Waals surface area contributed by atoms with E-state index in [4.69, 9.17) is 32.5 Å². The number of aromatic nitrogens is 2. The minimum atomic E-state index is -0.134. The second kappa shape index (κ2) is 9.68. The van der Waals surface area contributed by atoms with Gasteiger partial charge in [0.15, 0.2) is 0 Å². The first-order chi connectivity index (χ1) is 15.0. The van der Waals surface area contributed by atoms with Gasteiger partial charge in [-0.15, -0.1) is 0 Å². The van der Waals surface area contributed by atoms with Gasteiger partial charge in [0.25, 0.3) is 0 Å². The summed E-state index contributed by atoms with van der Waals surface area (Å²) in [6.07, 6.45) is 1.74. The number of methoxy groups -OCH3 is 1. The van der Waals surface area contributed by atoms with Crippen molar-refractivity contribution in [3.8, 4) is 17.1 Å². The summed E-state index contributed by atoms with van der Waals surface area (Å²) in [5, 5.41) is 8.07. The Kier molecular flexibility index (Phi) is 6.75. The number of hydrogen-bond acceptors (Lipinski definition) is 6. The number of ether oxygens (including phenoxy) is 1. The van der Waals surface area contributed by atoms with Crippen molar-refractivity contribution < 1.29 is 14.1 Å². The van der Waals surface area contributed by atoms with Crippen molar-refractivity contribution in [2.24, 2.45) is 5.92 Å². The van der Waals surface area contributed by atoms with Gasteiger partial charge in [-0.3, -0.25) is 9.69 Å². The number of likely N-dealkylation sites (tertiary alicyclic amines) is 1. The molecule has 1 fully saturated rings. The molecular weight excluding hydrogens is 439 g/mol. The largest absolute Gasteiger partial charge is 0.495 e. The summed E-state index contributed by atoms with van der Waals surface area (Å²) in [6, 6.07) is 12.5. The fourth-order valence-corrected chi connectivity index (χ4v) is 4.10. The monoisotopic (exact) mass is 460 g/mol. The fourth-order valence-electron chi connectivity index (χ4n) is 3.66. The van der Waals surface area contributed by atoms with Gasteiger partial charge in [0, 0.05) is 22.8 Å². The molecule has 1 aliphatic rings. The van der Waals surface area contributed by atoms with E-state index >= 15 is 0 Å². The third-order valence-electron chi connectivity index (χ3n) is 5.21. The van der Waals surface area contributed by atoms with Gasteiger partial charge in [-0.05, 0) is 49.7 Å². The van der Waals surface area contributed by atoms with Gasteiger partial charge in [0.05, 0.1) is 24.6 Å². The zero-order chi connectivity index (χ0) is 21.8. The van der Waals surface area contributed by atoms with Crippen molar-refractivity contribution in [2.45, 2.75) is 19.4 Å². The third kappa shape index (κ3) is 5.36. The number of rotatable bonds is 6. The highest BCUT2D eigenvalue weighted by atomic mass is 35.5. The van der Waals surface area contributed by atoms with Gasteiger partial charge in [0.2, 0.25) is 17.6 Å². The highest BCUT2D eigenvalue weighted by molar-refractivity contribution is 6.32. The van der Waals surface area contributed by atoms with E-state index in [1.54, 1.807) is 37.4 Å². The zero-order valence-electron chi connectivity index (χ0n) is 17.0. The Bertz CT molecular complexity index is 1070. The van der Waals surface area contributed by atoms with Gasteiger partial charge in [-0.25, -0.2) is 0 Å². The number of hydrogen-bond donors (Lipinski definition) is 1. The number of amides is 1. The molecule has 7 nitrogen and oxygen atoms in total. The lowest BCUT2D eigenvalue weighted by Gasteiger charge is -2.30. The Morgan fingerprint density at radius 2 is 2.16 bits per heavy atom. The van der Waals surface area contributed by atoms with Gasteiger partial charge in [-0.1, -0.05) is 40.5 Å². The molecule has 2 heterocycles. The SMILES string of the molecule is COc1ccc(NC(=O)C2CCCN(Cc3nc(-c4cccc(Cl)c4)no3)C2)cc1Cl. The van der Waals surface area contributed by atoms with Crippen LogP contribution in [0.1, 0.15) is 18.7 Å². The molecule has 0 saturated carbocycles. The first kappa shape index (κ1) is 21.6. The maximum atomic E-state index is 12.8. The number of anilines is 1. The minimum absolute atomic E-state index is 0.0314. The normalized spacial score (nSPS) is 16.8. The van der Waals surface area contributed by atoms with Crippen LogP contribution in [-0.4, -0.2) is 41.1 Å². The summed E-state index contributed by atoms with van der Waals surface area (Å²) < 4.78 is 10.6. The summed E-state index contributed by atoms with van der Waals surface area (Å²) in [7, 11) is 1.55. The molecule has 1 unspecified atom stereocenters. The Hall–Kier alpha value is -2.61. The van der Waals surface area contributed by atoms with Crippen LogP contribution >= 0.6 is 23.2 Å². The van der Waals surface area contributed by atoms with Crippen LogP contribution in [0, 0.1) is 5.92 Å². The van der Waals surface area contributed by atoms with E-state index in [1.165, 1.54) is 0 Å². The van der Waals surface area contributed by atoms with E-state index in [-0.39, 0.29) is 11.8 Å². The molecule has 1 saturated heterocycles. The Morgan fingerprint density at radius 3 is 2.94 bits per heavy atom. The molecule has 0 aliphatic carbocycles. The van der Waals surface area contributed by atoms with E-state index < -0.39 is 0 Å². The second-order valence-electron chi connectivity index (χ2n) is 7.43. The molecule has 162 valence electrons. The molecule has 1 aliphatic heterocycles. The second-order valence-corrected chi connectivity index (χ2v) is 8.28. The van der Waals surface area contributed by atoms with Crippen molar-refractivity contribution in [3.05, 3.63) is 58.4 Å². The maximum Gasteiger partial charge on any atom is 0.241 e. The summed E-state index contributed by atoms with van der Waals surface area (Å²) in [5.41, 5.74) is 1.45. The molecule has 1 N–H and O–H groups in total. The first-order valence-corrected chi connectivity index (χ1v) is 10.7. The van der Waals surface area contributed by atoms with E-state index in [2.05, 4.69) is 20.4 Å². The Morgan fingerprint density at radius 1 is 1.29 bits per heavy atom. The quantitative estimate of drug-likeness (QED) is 0.563. The van der Waals surface area contributed by atoms with E-state index in [0.29, 0.717) is 46.3 Å². The fraction of sp³-hybridized carbons (Fsp3) is 0.318. The molecule has 4 rings (SSSR count). The Balaban J connectivity index is 1.36. The lowest BCUT2D eigenvalue weighted by atomic mass is 9.97. The van der Waals surface area contributed by atoms with Crippen LogP contribution < -0.4 is 10.1 Å². The number of carbonyl (C=O) groups excluding carboxylic acids is 1. The maximum absolute atomic E-state index is 12.8. The molecular formula is C22H22Cl2N4O3. The average molecular weight is 461 g/mol. The number of nitrogens with one attached hydrogen (secondary N) is 1. The van der Waals surface area contributed by atoms with E-state index in [1.807, 2.05) is 12.1 Å². The highest BCUT2D eigenvalue weighted by Crippen LogP contribution is 2.28. The van der Waals surface area contributed by atoms with Crippen LogP contribution in [0.25, 0.3) is 11.4 Å².